The highest BCUT2D eigenvalue weighted by Crippen LogP contribution is 2.46. The lowest BCUT2D eigenvalue weighted by Crippen LogP contribution is -2.43. The molecule has 0 amide bonds. The average molecular weight is 344 g/mol. The van der Waals surface area contributed by atoms with E-state index in [0.717, 1.165) is 5.56 Å². The lowest BCUT2D eigenvalue weighted by atomic mass is 9.75. The molecule has 0 saturated heterocycles. The zero-order valence-corrected chi connectivity index (χ0v) is 16.7. The van der Waals surface area contributed by atoms with Crippen molar-refractivity contribution in [1.82, 2.24) is 0 Å². The van der Waals surface area contributed by atoms with E-state index in [9.17, 15) is 10.4 Å². The maximum Gasteiger partial charge on any atom is 0.250 e. The molecule has 2 atom stereocenters. The third-order valence-corrected chi connectivity index (χ3v) is 9.71. The van der Waals surface area contributed by atoms with Crippen molar-refractivity contribution in [2.45, 2.75) is 70.2 Å². The van der Waals surface area contributed by atoms with E-state index in [1.807, 2.05) is 37.3 Å². The largest absolute Gasteiger partial charge is 0.546 e. The van der Waals surface area contributed by atoms with E-state index in [4.69, 9.17) is 4.43 Å². The predicted molar refractivity (Wildman–Crippen MR) is 100.0 cm³/mol. The highest BCUT2D eigenvalue weighted by Gasteiger charge is 2.44. The molecule has 0 heterocycles. The summed E-state index contributed by atoms with van der Waals surface area (Å²) in [6, 6.07) is 12.3. The molecule has 2 rings (SSSR count). The zero-order valence-electron chi connectivity index (χ0n) is 15.7. The van der Waals surface area contributed by atoms with Gasteiger partial charge in [-0.1, -0.05) is 51.1 Å². The molecule has 0 aromatic heterocycles. The fraction of sp³-hybridized carbons (Fsp3) is 0.550. The van der Waals surface area contributed by atoms with Crippen LogP contribution in [0.4, 0.5) is 0 Å². The first kappa shape index (κ1) is 18.8. The maximum atomic E-state index is 10.8. The second-order valence-electron chi connectivity index (χ2n) is 8.65. The Labute approximate surface area is 147 Å². The Morgan fingerprint density at radius 3 is 2.33 bits per heavy atom. The van der Waals surface area contributed by atoms with Crippen LogP contribution in [0.5, 0.6) is 0 Å². The van der Waals surface area contributed by atoms with Gasteiger partial charge in [0.1, 0.15) is 0 Å². The van der Waals surface area contributed by atoms with Crippen LogP contribution in [0.15, 0.2) is 41.7 Å². The summed E-state index contributed by atoms with van der Waals surface area (Å²) in [5.41, 5.74) is 0.876. The molecule has 1 aliphatic carbocycles. The van der Waals surface area contributed by atoms with Crippen LogP contribution in [0.3, 0.4) is 0 Å². The van der Waals surface area contributed by atoms with Crippen LogP contribution in [-0.2, 0) is 4.43 Å². The van der Waals surface area contributed by atoms with Crippen LogP contribution in [0.2, 0.25) is 18.1 Å². The Morgan fingerprint density at radius 2 is 1.83 bits per heavy atom. The first-order valence-electron chi connectivity index (χ1n) is 8.56. The summed E-state index contributed by atoms with van der Waals surface area (Å²) in [5, 5.41) is 20.6. The second kappa shape index (κ2) is 6.38. The summed E-state index contributed by atoms with van der Waals surface area (Å²) in [6.07, 6.45) is 0.954. The van der Waals surface area contributed by atoms with Crippen LogP contribution in [0.25, 0.3) is 0 Å². The molecule has 0 bridgehead atoms. The Morgan fingerprint density at radius 1 is 1.25 bits per heavy atom. The summed E-state index contributed by atoms with van der Waals surface area (Å²) in [4.78, 5) is 0. The molecule has 3 nitrogen and oxygen atoms in total. The molecule has 1 aromatic carbocycles. The summed E-state index contributed by atoms with van der Waals surface area (Å²) in [6.45, 7) is 12.7. The molecule has 0 unspecified atom stereocenters. The van der Waals surface area contributed by atoms with Crippen molar-refractivity contribution in [2.24, 2.45) is 0 Å². The van der Waals surface area contributed by atoms with Crippen molar-refractivity contribution in [1.29, 1.82) is 5.26 Å². The van der Waals surface area contributed by atoms with Gasteiger partial charge in [-0.2, -0.15) is 5.26 Å². The topological polar surface area (TPSA) is 53.2 Å². The Balaban J connectivity index is 2.49. The number of aliphatic hydroxyl groups is 1. The lowest BCUT2D eigenvalue weighted by Gasteiger charge is -2.42. The van der Waals surface area contributed by atoms with Crippen LogP contribution < -0.4 is 0 Å². The monoisotopic (exact) mass is 343 g/mol. The minimum Gasteiger partial charge on any atom is -0.546 e. The van der Waals surface area contributed by atoms with E-state index in [0.29, 0.717) is 24.2 Å². The number of nitriles is 1. The van der Waals surface area contributed by atoms with Gasteiger partial charge in [0.25, 0.3) is 0 Å². The maximum absolute atomic E-state index is 10.8. The van der Waals surface area contributed by atoms with Crippen LogP contribution in [0, 0.1) is 11.3 Å². The molecule has 1 N–H and O–H groups in total. The van der Waals surface area contributed by atoms with Crippen LogP contribution >= 0.6 is 0 Å². The number of benzene rings is 1. The highest BCUT2D eigenvalue weighted by molar-refractivity contribution is 6.74. The smallest absolute Gasteiger partial charge is 0.250 e. The van der Waals surface area contributed by atoms with E-state index in [-0.39, 0.29) is 11.0 Å². The molecule has 0 radical (unpaired) electrons. The minimum atomic E-state index is -2.06. The van der Waals surface area contributed by atoms with Crippen LogP contribution in [-0.4, -0.2) is 19.0 Å². The SMILES string of the molecule is CC(C)(C)[Si](C)(C)OC1=C(C#N)[C@H](c2ccccc2)C[C@](C)(O)C1. The zero-order chi connectivity index (χ0) is 18.2. The molecule has 4 heteroatoms. The standard InChI is InChI=1S/C20H29NO2Si/c1-19(2,3)24(5,6)23-18-13-20(4,22)12-16(17(18)14-21)15-10-8-7-9-11-15/h7-11,16,22H,12-13H2,1-6H3/t16-,20-/m0/s1. The van der Waals surface area contributed by atoms with Gasteiger partial charge in [-0.05, 0) is 37.0 Å². The predicted octanol–water partition coefficient (Wildman–Crippen LogP) is 5.11. The van der Waals surface area contributed by atoms with E-state index < -0.39 is 13.9 Å². The van der Waals surface area contributed by atoms with E-state index in [1.165, 1.54) is 0 Å². The molecule has 130 valence electrons. The second-order valence-corrected chi connectivity index (χ2v) is 13.4. The third-order valence-electron chi connectivity index (χ3n) is 5.34. The first-order chi connectivity index (χ1) is 11.0. The van der Waals surface area contributed by atoms with Crippen molar-refractivity contribution < 1.29 is 9.53 Å². The number of nitrogens with zero attached hydrogens (tertiary/aromatic N) is 1. The average Bonchev–Trinajstić information content (AvgIpc) is 2.45. The summed E-state index contributed by atoms with van der Waals surface area (Å²) >= 11 is 0. The Bertz CT molecular complexity index is 663. The summed E-state index contributed by atoms with van der Waals surface area (Å²) in [7, 11) is -2.06. The lowest BCUT2D eigenvalue weighted by molar-refractivity contribution is 0.0291. The van der Waals surface area contributed by atoms with Crippen molar-refractivity contribution in [3.05, 3.63) is 47.2 Å². The van der Waals surface area contributed by atoms with Crippen molar-refractivity contribution >= 4 is 8.32 Å². The van der Waals surface area contributed by atoms with Crippen molar-refractivity contribution in [2.75, 3.05) is 0 Å². The fourth-order valence-electron chi connectivity index (χ4n) is 2.91. The molecule has 1 aliphatic rings. The van der Waals surface area contributed by atoms with E-state index in [1.54, 1.807) is 0 Å². The minimum absolute atomic E-state index is 0.0477. The molecular formula is C20H29NO2Si. The van der Waals surface area contributed by atoms with Gasteiger partial charge in [-0.3, -0.25) is 0 Å². The molecule has 0 aliphatic heterocycles. The van der Waals surface area contributed by atoms with Crippen molar-refractivity contribution in [3.8, 4) is 6.07 Å². The van der Waals surface area contributed by atoms with Gasteiger partial charge in [0, 0.05) is 12.3 Å². The highest BCUT2D eigenvalue weighted by atomic mass is 28.4. The van der Waals surface area contributed by atoms with Gasteiger partial charge in [0.05, 0.1) is 23.0 Å². The van der Waals surface area contributed by atoms with Gasteiger partial charge in [0.2, 0.25) is 8.32 Å². The first-order valence-corrected chi connectivity index (χ1v) is 11.5. The van der Waals surface area contributed by atoms with Crippen LogP contribution in [0.1, 0.15) is 52.0 Å². The molecule has 0 saturated carbocycles. The molecular weight excluding hydrogens is 314 g/mol. The van der Waals surface area contributed by atoms with Crippen molar-refractivity contribution in [3.63, 3.8) is 0 Å². The number of rotatable bonds is 3. The number of hydrogen-bond donors (Lipinski definition) is 1. The third kappa shape index (κ3) is 3.91. The summed E-state index contributed by atoms with van der Waals surface area (Å²) in [5.74, 6) is 0.578. The Kier molecular flexibility index (Phi) is 4.99. The fourth-order valence-corrected chi connectivity index (χ4v) is 4.02. The van der Waals surface area contributed by atoms with Gasteiger partial charge < -0.3 is 9.53 Å². The quantitative estimate of drug-likeness (QED) is 0.775. The van der Waals surface area contributed by atoms with Gasteiger partial charge in [-0.15, -0.1) is 0 Å². The van der Waals surface area contributed by atoms with E-state index >= 15 is 0 Å². The molecule has 0 fully saturated rings. The van der Waals surface area contributed by atoms with Gasteiger partial charge in [-0.25, -0.2) is 0 Å². The molecule has 0 spiro atoms. The summed E-state index contributed by atoms with van der Waals surface area (Å²) < 4.78 is 6.47. The van der Waals surface area contributed by atoms with Gasteiger partial charge >= 0.3 is 0 Å². The number of allylic oxidation sites excluding steroid dienone is 1. The van der Waals surface area contributed by atoms with Gasteiger partial charge in [0.15, 0.2) is 0 Å². The Hall–Kier alpha value is -1.57. The molecule has 1 aromatic rings. The normalized spacial score (nSPS) is 25.3. The molecule has 24 heavy (non-hydrogen) atoms. The number of hydrogen-bond acceptors (Lipinski definition) is 3. The van der Waals surface area contributed by atoms with E-state index in [2.05, 4.69) is 39.9 Å².